The second-order valence-corrected chi connectivity index (χ2v) is 7.81. The van der Waals surface area contributed by atoms with Gasteiger partial charge in [0, 0.05) is 6.54 Å². The molecule has 0 saturated heterocycles. The topological polar surface area (TPSA) is 74.7 Å². The molecule has 6 heteroatoms. The summed E-state index contributed by atoms with van der Waals surface area (Å²) >= 11 is 0. The monoisotopic (exact) mass is 323 g/mol. The summed E-state index contributed by atoms with van der Waals surface area (Å²) in [5.41, 5.74) is 1.30. The molecule has 1 atom stereocenters. The normalized spacial score (nSPS) is 19.5. The van der Waals surface area contributed by atoms with Crippen molar-refractivity contribution in [2.24, 2.45) is 5.92 Å². The van der Waals surface area contributed by atoms with Crippen molar-refractivity contribution in [1.29, 1.82) is 0 Å². The van der Waals surface area contributed by atoms with E-state index in [1.54, 1.807) is 18.2 Å². The number of sulfonamides is 1. The molecule has 2 rings (SSSR count). The number of hydrogen-bond acceptors (Lipinski definition) is 3. The summed E-state index contributed by atoms with van der Waals surface area (Å²) < 4.78 is 27.0. The zero-order valence-electron chi connectivity index (χ0n) is 12.8. The van der Waals surface area contributed by atoms with Gasteiger partial charge in [-0.3, -0.25) is 4.79 Å². The Morgan fingerprint density at radius 3 is 2.59 bits per heavy atom. The standard InChI is InChI=1S/C16H21NO4S/c1-11(2)10-14(16(18)19)17-9-8-12(3)13-6-4-5-7-15(13)22(17,20)21/h4-7,11,14H,3,8-10H2,1-2H3,(H,18,19)/t14-/m0/s1. The number of carboxylic acids is 1. The van der Waals surface area contributed by atoms with Crippen LogP contribution in [-0.2, 0) is 14.8 Å². The molecular weight excluding hydrogens is 302 g/mol. The highest BCUT2D eigenvalue weighted by Gasteiger charge is 2.39. The van der Waals surface area contributed by atoms with Gasteiger partial charge in [-0.1, -0.05) is 38.6 Å². The maximum absolute atomic E-state index is 12.9. The van der Waals surface area contributed by atoms with Crippen LogP contribution in [0.2, 0.25) is 0 Å². The second-order valence-electron chi connectivity index (χ2n) is 5.95. The van der Waals surface area contributed by atoms with Crippen LogP contribution >= 0.6 is 0 Å². The number of carbonyl (C=O) groups is 1. The van der Waals surface area contributed by atoms with E-state index in [0.717, 1.165) is 9.88 Å². The number of rotatable bonds is 4. The van der Waals surface area contributed by atoms with Crippen LogP contribution in [0.1, 0.15) is 32.3 Å². The number of fused-ring (bicyclic) bond motifs is 1. The largest absolute Gasteiger partial charge is 0.480 e. The molecule has 1 aromatic rings. The van der Waals surface area contributed by atoms with E-state index in [9.17, 15) is 18.3 Å². The molecule has 0 amide bonds. The van der Waals surface area contributed by atoms with Crippen LogP contribution in [-0.4, -0.2) is 36.4 Å². The first-order chi connectivity index (χ1) is 10.2. The molecule has 0 bridgehead atoms. The van der Waals surface area contributed by atoms with Gasteiger partial charge in [0.05, 0.1) is 4.90 Å². The number of benzene rings is 1. The molecule has 120 valence electrons. The third-order valence-electron chi connectivity index (χ3n) is 3.82. The summed E-state index contributed by atoms with van der Waals surface area (Å²) in [4.78, 5) is 11.7. The minimum Gasteiger partial charge on any atom is -0.480 e. The Kier molecular flexibility index (Phi) is 4.72. The quantitative estimate of drug-likeness (QED) is 0.924. The smallest absolute Gasteiger partial charge is 0.322 e. The summed E-state index contributed by atoms with van der Waals surface area (Å²) in [6.45, 7) is 7.84. The lowest BCUT2D eigenvalue weighted by atomic mass is 10.0. The van der Waals surface area contributed by atoms with Gasteiger partial charge in [0.15, 0.2) is 0 Å². The first-order valence-electron chi connectivity index (χ1n) is 7.27. The van der Waals surface area contributed by atoms with Gasteiger partial charge in [-0.15, -0.1) is 0 Å². The third kappa shape index (κ3) is 3.08. The third-order valence-corrected chi connectivity index (χ3v) is 5.78. The van der Waals surface area contributed by atoms with Crippen molar-refractivity contribution in [2.45, 2.75) is 37.6 Å². The molecule has 0 fully saturated rings. The SMILES string of the molecule is C=C1CCN([C@@H](CC(C)C)C(=O)O)S(=O)(=O)c2ccccc21. The molecule has 0 aliphatic carbocycles. The van der Waals surface area contributed by atoms with Gasteiger partial charge in [0.2, 0.25) is 10.0 Å². The maximum atomic E-state index is 12.9. The average molecular weight is 323 g/mol. The minimum absolute atomic E-state index is 0.0815. The molecule has 22 heavy (non-hydrogen) atoms. The number of aliphatic carboxylic acids is 1. The summed E-state index contributed by atoms with van der Waals surface area (Å²) in [6.07, 6.45) is 0.710. The average Bonchev–Trinajstić information content (AvgIpc) is 2.53. The fraction of sp³-hybridized carbons (Fsp3) is 0.438. The van der Waals surface area contributed by atoms with Crippen LogP contribution in [0.25, 0.3) is 5.57 Å². The molecule has 1 aliphatic rings. The summed E-state index contributed by atoms with van der Waals surface area (Å²) in [5, 5.41) is 9.48. The molecular formula is C16H21NO4S. The highest BCUT2D eigenvalue weighted by molar-refractivity contribution is 7.89. The number of carboxylic acid groups (broad SMARTS) is 1. The van der Waals surface area contributed by atoms with E-state index in [-0.39, 0.29) is 23.8 Å². The predicted octanol–water partition coefficient (Wildman–Crippen LogP) is 2.59. The van der Waals surface area contributed by atoms with E-state index in [1.165, 1.54) is 6.07 Å². The van der Waals surface area contributed by atoms with E-state index < -0.39 is 22.0 Å². The van der Waals surface area contributed by atoms with Crippen molar-refractivity contribution < 1.29 is 18.3 Å². The Labute approximate surface area is 131 Å². The molecule has 1 aliphatic heterocycles. The van der Waals surface area contributed by atoms with Crippen LogP contribution < -0.4 is 0 Å². The van der Waals surface area contributed by atoms with E-state index in [0.29, 0.717) is 12.0 Å². The van der Waals surface area contributed by atoms with E-state index in [4.69, 9.17) is 0 Å². The molecule has 0 radical (unpaired) electrons. The minimum atomic E-state index is -3.85. The van der Waals surface area contributed by atoms with Crippen molar-refractivity contribution in [3.63, 3.8) is 0 Å². The number of hydrogen-bond donors (Lipinski definition) is 1. The van der Waals surface area contributed by atoms with E-state index in [1.807, 2.05) is 13.8 Å². The van der Waals surface area contributed by atoms with Gasteiger partial charge in [0.25, 0.3) is 0 Å². The first-order valence-corrected chi connectivity index (χ1v) is 8.71. The van der Waals surface area contributed by atoms with Crippen LogP contribution in [0.3, 0.4) is 0 Å². The molecule has 0 saturated carbocycles. The molecule has 1 N–H and O–H groups in total. The summed E-state index contributed by atoms with van der Waals surface area (Å²) in [5.74, 6) is -1.03. The first kappa shape index (κ1) is 16.7. The van der Waals surface area contributed by atoms with Gasteiger partial charge in [0.1, 0.15) is 6.04 Å². The van der Waals surface area contributed by atoms with Crippen LogP contribution in [0.4, 0.5) is 0 Å². The lowest BCUT2D eigenvalue weighted by Crippen LogP contribution is -2.45. The Hall–Kier alpha value is -1.66. The molecule has 0 spiro atoms. The van der Waals surface area contributed by atoms with Gasteiger partial charge in [-0.05, 0) is 36.0 Å². The molecule has 1 heterocycles. The molecule has 5 nitrogen and oxygen atoms in total. The van der Waals surface area contributed by atoms with Gasteiger partial charge < -0.3 is 5.11 Å². The van der Waals surface area contributed by atoms with Crippen molar-refractivity contribution in [2.75, 3.05) is 6.54 Å². The Balaban J connectivity index is 2.55. The number of nitrogens with zero attached hydrogens (tertiary/aromatic N) is 1. The predicted molar refractivity (Wildman–Crippen MR) is 84.9 cm³/mol. The highest BCUT2D eigenvalue weighted by Crippen LogP contribution is 2.33. The fourth-order valence-electron chi connectivity index (χ4n) is 2.72. The Morgan fingerprint density at radius 2 is 2.00 bits per heavy atom. The van der Waals surface area contributed by atoms with Crippen molar-refractivity contribution in [3.8, 4) is 0 Å². The van der Waals surface area contributed by atoms with Crippen LogP contribution in [0.15, 0.2) is 35.7 Å². The molecule has 1 aromatic carbocycles. The van der Waals surface area contributed by atoms with Crippen molar-refractivity contribution >= 4 is 21.6 Å². The summed E-state index contributed by atoms with van der Waals surface area (Å²) in [7, 11) is -3.85. The van der Waals surface area contributed by atoms with Gasteiger partial charge >= 0.3 is 5.97 Å². The lowest BCUT2D eigenvalue weighted by molar-refractivity contribution is -0.142. The van der Waals surface area contributed by atoms with Crippen LogP contribution in [0, 0.1) is 5.92 Å². The molecule has 0 aromatic heterocycles. The zero-order chi connectivity index (χ0) is 16.5. The van der Waals surface area contributed by atoms with Crippen LogP contribution in [0.5, 0.6) is 0 Å². The van der Waals surface area contributed by atoms with Gasteiger partial charge in [-0.25, -0.2) is 8.42 Å². The van der Waals surface area contributed by atoms with Crippen molar-refractivity contribution in [3.05, 3.63) is 36.4 Å². The Morgan fingerprint density at radius 1 is 1.36 bits per heavy atom. The maximum Gasteiger partial charge on any atom is 0.322 e. The van der Waals surface area contributed by atoms with E-state index >= 15 is 0 Å². The Bertz CT molecular complexity index is 694. The van der Waals surface area contributed by atoms with Gasteiger partial charge in [-0.2, -0.15) is 4.31 Å². The van der Waals surface area contributed by atoms with Crippen molar-refractivity contribution in [1.82, 2.24) is 4.31 Å². The zero-order valence-corrected chi connectivity index (χ0v) is 13.6. The second kappa shape index (κ2) is 6.22. The molecule has 0 unspecified atom stereocenters. The lowest BCUT2D eigenvalue weighted by Gasteiger charge is -2.28. The highest BCUT2D eigenvalue weighted by atomic mass is 32.2. The van der Waals surface area contributed by atoms with E-state index in [2.05, 4.69) is 6.58 Å². The summed E-state index contributed by atoms with van der Waals surface area (Å²) in [6, 6.07) is 5.59. The fourth-order valence-corrected chi connectivity index (χ4v) is 4.56.